The monoisotopic (exact) mass is 366 g/mol. The molecule has 1 heterocycles. The molecular weight excluding hydrogens is 340 g/mol. The molecule has 3 rings (SSSR count). The second kappa shape index (κ2) is 8.71. The maximum absolute atomic E-state index is 12.8. The minimum Gasteiger partial charge on any atom is -0.508 e. The average Bonchev–Trinajstić information content (AvgIpc) is 2.84. The molecule has 0 spiro atoms. The van der Waals surface area contributed by atoms with Gasteiger partial charge in [0, 0.05) is 37.7 Å². The Kier molecular flexibility index (Phi) is 6.12. The summed E-state index contributed by atoms with van der Waals surface area (Å²) < 4.78 is 0. The molecule has 1 N–H and O–H groups in total. The molecular formula is C22H26N2O3. The highest BCUT2D eigenvalue weighted by molar-refractivity contribution is 5.82. The van der Waals surface area contributed by atoms with Gasteiger partial charge in [0.05, 0.1) is 6.42 Å². The first-order valence-corrected chi connectivity index (χ1v) is 9.46. The number of amides is 2. The Morgan fingerprint density at radius 3 is 2.52 bits per heavy atom. The molecule has 5 heteroatoms. The predicted molar refractivity (Wildman–Crippen MR) is 104 cm³/mol. The lowest BCUT2D eigenvalue weighted by atomic mass is 10.1. The van der Waals surface area contributed by atoms with Crippen molar-refractivity contribution in [3.63, 3.8) is 0 Å². The van der Waals surface area contributed by atoms with Crippen molar-refractivity contribution in [3.8, 4) is 5.75 Å². The number of carbonyl (C=O) groups is 2. The number of phenolic OH excluding ortho intramolecular Hbond substituents is 1. The minimum atomic E-state index is -0.0516. The number of rotatable bonds is 5. The van der Waals surface area contributed by atoms with Gasteiger partial charge in [-0.1, -0.05) is 55.5 Å². The zero-order valence-electron chi connectivity index (χ0n) is 15.7. The summed E-state index contributed by atoms with van der Waals surface area (Å²) in [5, 5.41) is 9.93. The van der Waals surface area contributed by atoms with Crippen molar-refractivity contribution in [2.75, 3.05) is 13.1 Å². The molecule has 1 saturated heterocycles. The van der Waals surface area contributed by atoms with Gasteiger partial charge in [-0.15, -0.1) is 0 Å². The molecule has 1 aliphatic heterocycles. The molecule has 0 radical (unpaired) electrons. The van der Waals surface area contributed by atoms with Gasteiger partial charge in [-0.3, -0.25) is 9.59 Å². The second-order valence-corrected chi connectivity index (χ2v) is 6.96. The SMILES string of the molecule is CC[C@H]1CN(C(=O)Cc2ccccc2O)CCC(=O)N1Cc1ccccc1. The van der Waals surface area contributed by atoms with Crippen molar-refractivity contribution in [2.45, 2.75) is 38.8 Å². The summed E-state index contributed by atoms with van der Waals surface area (Å²) in [7, 11) is 0. The summed E-state index contributed by atoms with van der Waals surface area (Å²) in [5.41, 5.74) is 1.71. The first-order valence-electron chi connectivity index (χ1n) is 9.46. The maximum Gasteiger partial charge on any atom is 0.227 e. The molecule has 0 saturated carbocycles. The van der Waals surface area contributed by atoms with E-state index in [1.54, 1.807) is 23.1 Å². The van der Waals surface area contributed by atoms with Crippen molar-refractivity contribution in [1.82, 2.24) is 9.80 Å². The molecule has 5 nitrogen and oxygen atoms in total. The fourth-order valence-corrected chi connectivity index (χ4v) is 3.53. The van der Waals surface area contributed by atoms with E-state index >= 15 is 0 Å². The van der Waals surface area contributed by atoms with Crippen LogP contribution in [-0.4, -0.2) is 45.9 Å². The number of hydrogen-bond acceptors (Lipinski definition) is 3. The third-order valence-corrected chi connectivity index (χ3v) is 5.14. The lowest BCUT2D eigenvalue weighted by Crippen LogP contribution is -2.44. The van der Waals surface area contributed by atoms with Crippen LogP contribution in [0.4, 0.5) is 0 Å². The van der Waals surface area contributed by atoms with Gasteiger partial charge in [0.1, 0.15) is 5.75 Å². The van der Waals surface area contributed by atoms with Gasteiger partial charge in [-0.25, -0.2) is 0 Å². The number of para-hydroxylation sites is 1. The quantitative estimate of drug-likeness (QED) is 0.885. The molecule has 1 atom stereocenters. The Bertz CT molecular complexity index is 791. The number of nitrogens with zero attached hydrogens (tertiary/aromatic N) is 2. The number of phenols is 1. The molecule has 0 bridgehead atoms. The van der Waals surface area contributed by atoms with Gasteiger partial charge in [0.15, 0.2) is 0 Å². The van der Waals surface area contributed by atoms with Crippen LogP contribution in [-0.2, 0) is 22.6 Å². The molecule has 0 unspecified atom stereocenters. The van der Waals surface area contributed by atoms with Gasteiger partial charge in [0.25, 0.3) is 0 Å². The van der Waals surface area contributed by atoms with Crippen LogP contribution in [0.5, 0.6) is 5.75 Å². The molecule has 0 aliphatic carbocycles. The Labute approximate surface area is 160 Å². The Morgan fingerprint density at radius 2 is 1.81 bits per heavy atom. The van der Waals surface area contributed by atoms with Crippen LogP contribution in [0, 0.1) is 0 Å². The number of hydrogen-bond donors (Lipinski definition) is 1. The third kappa shape index (κ3) is 4.67. The van der Waals surface area contributed by atoms with Crippen LogP contribution in [0.3, 0.4) is 0 Å². The highest BCUT2D eigenvalue weighted by Gasteiger charge is 2.30. The summed E-state index contributed by atoms with van der Waals surface area (Å²) in [6.45, 7) is 3.57. The van der Waals surface area contributed by atoms with Crippen molar-refractivity contribution in [2.24, 2.45) is 0 Å². The fraction of sp³-hybridized carbons (Fsp3) is 0.364. The van der Waals surface area contributed by atoms with Crippen LogP contribution in [0.15, 0.2) is 54.6 Å². The third-order valence-electron chi connectivity index (χ3n) is 5.14. The van der Waals surface area contributed by atoms with Crippen molar-refractivity contribution in [1.29, 1.82) is 0 Å². The lowest BCUT2D eigenvalue weighted by Gasteiger charge is -2.31. The standard InChI is InChI=1S/C22H26N2O3/c1-2-19-16-23(22(27)14-18-10-6-7-11-20(18)25)13-12-21(26)24(19)15-17-8-4-3-5-9-17/h3-11,19,25H,2,12-16H2,1H3/t19-/m0/s1. The molecule has 2 aromatic rings. The van der Waals surface area contributed by atoms with E-state index in [4.69, 9.17) is 0 Å². The highest BCUT2D eigenvalue weighted by Crippen LogP contribution is 2.21. The Morgan fingerprint density at radius 1 is 1.11 bits per heavy atom. The molecule has 27 heavy (non-hydrogen) atoms. The lowest BCUT2D eigenvalue weighted by molar-refractivity contribution is -0.133. The van der Waals surface area contributed by atoms with E-state index in [1.165, 1.54) is 0 Å². The smallest absolute Gasteiger partial charge is 0.227 e. The molecule has 0 aromatic heterocycles. The summed E-state index contributed by atoms with van der Waals surface area (Å²) in [6.07, 6.45) is 1.27. The van der Waals surface area contributed by atoms with E-state index in [1.807, 2.05) is 48.2 Å². The molecule has 2 amide bonds. The topological polar surface area (TPSA) is 60.9 Å². The minimum absolute atomic E-state index is 0.00599. The van der Waals surface area contributed by atoms with E-state index in [0.29, 0.717) is 31.6 Å². The normalized spacial score (nSPS) is 17.7. The van der Waals surface area contributed by atoms with E-state index < -0.39 is 0 Å². The van der Waals surface area contributed by atoms with E-state index in [9.17, 15) is 14.7 Å². The average molecular weight is 366 g/mol. The Balaban J connectivity index is 1.72. The zero-order chi connectivity index (χ0) is 19.2. The number of carbonyl (C=O) groups excluding carboxylic acids is 2. The molecule has 2 aromatic carbocycles. The van der Waals surface area contributed by atoms with Crippen LogP contribution < -0.4 is 0 Å². The van der Waals surface area contributed by atoms with Crippen LogP contribution >= 0.6 is 0 Å². The first kappa shape index (κ1) is 19.0. The second-order valence-electron chi connectivity index (χ2n) is 6.96. The first-order chi connectivity index (χ1) is 13.1. The molecule has 1 aliphatic rings. The van der Waals surface area contributed by atoms with Crippen molar-refractivity contribution in [3.05, 3.63) is 65.7 Å². The van der Waals surface area contributed by atoms with E-state index in [-0.39, 0.29) is 30.0 Å². The zero-order valence-corrected chi connectivity index (χ0v) is 15.7. The van der Waals surface area contributed by atoms with Crippen LogP contribution in [0.1, 0.15) is 30.9 Å². The summed E-state index contributed by atoms with van der Waals surface area (Å²) in [6, 6.07) is 16.8. The molecule has 142 valence electrons. The summed E-state index contributed by atoms with van der Waals surface area (Å²) in [5.74, 6) is 0.169. The fourth-order valence-electron chi connectivity index (χ4n) is 3.53. The number of aromatic hydroxyl groups is 1. The van der Waals surface area contributed by atoms with Gasteiger partial charge in [-0.2, -0.15) is 0 Å². The van der Waals surface area contributed by atoms with Crippen molar-refractivity contribution >= 4 is 11.8 Å². The van der Waals surface area contributed by atoms with E-state index in [0.717, 1.165) is 12.0 Å². The predicted octanol–water partition coefficient (Wildman–Crippen LogP) is 2.97. The molecule has 1 fully saturated rings. The summed E-state index contributed by atoms with van der Waals surface area (Å²) >= 11 is 0. The van der Waals surface area contributed by atoms with Crippen LogP contribution in [0.25, 0.3) is 0 Å². The van der Waals surface area contributed by atoms with Gasteiger partial charge in [-0.05, 0) is 18.1 Å². The van der Waals surface area contributed by atoms with Gasteiger partial charge in [0.2, 0.25) is 11.8 Å². The maximum atomic E-state index is 12.8. The summed E-state index contributed by atoms with van der Waals surface area (Å²) in [4.78, 5) is 29.2. The number of benzene rings is 2. The largest absolute Gasteiger partial charge is 0.508 e. The highest BCUT2D eigenvalue weighted by atomic mass is 16.3. The van der Waals surface area contributed by atoms with Crippen LogP contribution in [0.2, 0.25) is 0 Å². The van der Waals surface area contributed by atoms with E-state index in [2.05, 4.69) is 0 Å². The van der Waals surface area contributed by atoms with Gasteiger partial charge >= 0.3 is 0 Å². The van der Waals surface area contributed by atoms with Gasteiger partial charge < -0.3 is 14.9 Å². The Hall–Kier alpha value is -2.82. The van der Waals surface area contributed by atoms with Crippen molar-refractivity contribution < 1.29 is 14.7 Å².